The molecule has 0 radical (unpaired) electrons. The molecular weight excluding hydrogens is 268 g/mol. The number of phenols is 1. The van der Waals surface area contributed by atoms with Crippen LogP contribution in [0, 0.1) is 0 Å². The van der Waals surface area contributed by atoms with Gasteiger partial charge in [-0.15, -0.1) is 0 Å². The van der Waals surface area contributed by atoms with Crippen LogP contribution in [0.3, 0.4) is 0 Å². The maximum Gasteiger partial charge on any atom is 0.216 e. The lowest BCUT2D eigenvalue weighted by atomic mass is 10.1. The third-order valence-electron chi connectivity index (χ3n) is 3.67. The van der Waals surface area contributed by atoms with Crippen molar-refractivity contribution in [2.45, 2.75) is 25.9 Å². The lowest BCUT2D eigenvalue weighted by Crippen LogP contribution is -2.39. The van der Waals surface area contributed by atoms with E-state index in [1.54, 1.807) is 19.1 Å². The van der Waals surface area contributed by atoms with Gasteiger partial charge in [0.1, 0.15) is 5.75 Å². The van der Waals surface area contributed by atoms with Gasteiger partial charge in [0.25, 0.3) is 0 Å². The molecule has 1 aromatic carbocycles. The van der Waals surface area contributed by atoms with Crippen molar-refractivity contribution in [2.75, 3.05) is 32.8 Å². The molecule has 1 atom stereocenters. The molecule has 1 saturated heterocycles. The van der Waals surface area contributed by atoms with E-state index >= 15 is 0 Å². The minimum absolute atomic E-state index is 0.0289. The van der Waals surface area contributed by atoms with E-state index in [1.807, 2.05) is 12.1 Å². The zero-order valence-electron chi connectivity index (χ0n) is 12.5. The van der Waals surface area contributed by atoms with Crippen LogP contribution in [-0.2, 0) is 9.53 Å². The van der Waals surface area contributed by atoms with E-state index in [9.17, 15) is 9.90 Å². The summed E-state index contributed by atoms with van der Waals surface area (Å²) < 4.78 is 5.80. The number of phenolic OH excluding ortho intramolecular Hbond substituents is 1. The molecule has 1 amide bonds. The highest BCUT2D eigenvalue weighted by Crippen LogP contribution is 2.24. The number of rotatable bonds is 6. The molecule has 1 unspecified atom stereocenters. The molecule has 0 spiro atoms. The highest BCUT2D eigenvalue weighted by Gasteiger charge is 2.21. The van der Waals surface area contributed by atoms with E-state index in [0.717, 1.165) is 44.6 Å². The van der Waals surface area contributed by atoms with Crippen LogP contribution in [0.15, 0.2) is 24.3 Å². The van der Waals surface area contributed by atoms with Gasteiger partial charge in [-0.2, -0.15) is 0 Å². The Morgan fingerprint density at radius 2 is 2.33 bits per heavy atom. The summed E-state index contributed by atoms with van der Waals surface area (Å²) in [7, 11) is 0. The Balaban J connectivity index is 1.74. The number of nitrogens with zero attached hydrogens (tertiary/aromatic N) is 1. The van der Waals surface area contributed by atoms with Crippen LogP contribution in [0.25, 0.3) is 0 Å². The molecule has 0 saturated carbocycles. The molecule has 5 nitrogen and oxygen atoms in total. The van der Waals surface area contributed by atoms with Crippen LogP contribution >= 0.6 is 0 Å². The largest absolute Gasteiger partial charge is 0.508 e. The maximum absolute atomic E-state index is 10.8. The summed E-state index contributed by atoms with van der Waals surface area (Å²) in [4.78, 5) is 13.2. The molecule has 1 aromatic rings. The van der Waals surface area contributed by atoms with Crippen molar-refractivity contribution in [3.05, 3.63) is 29.8 Å². The second-order valence-corrected chi connectivity index (χ2v) is 5.45. The smallest absolute Gasteiger partial charge is 0.216 e. The number of amides is 1. The average Bonchev–Trinajstić information content (AvgIpc) is 2.47. The number of aromatic hydroxyl groups is 1. The molecule has 0 aliphatic carbocycles. The summed E-state index contributed by atoms with van der Waals surface area (Å²) in [6.45, 7) is 5.81. The van der Waals surface area contributed by atoms with Crippen molar-refractivity contribution in [1.82, 2.24) is 10.2 Å². The van der Waals surface area contributed by atoms with Crippen molar-refractivity contribution in [2.24, 2.45) is 0 Å². The van der Waals surface area contributed by atoms with Gasteiger partial charge in [0.15, 0.2) is 0 Å². The molecular formula is C16H24N2O3. The number of morpholine rings is 1. The lowest BCUT2D eigenvalue weighted by molar-refractivity contribution is -0.118. The van der Waals surface area contributed by atoms with Gasteiger partial charge in [0.05, 0.1) is 12.7 Å². The Morgan fingerprint density at radius 1 is 1.48 bits per heavy atom. The van der Waals surface area contributed by atoms with Gasteiger partial charge in [-0.1, -0.05) is 12.1 Å². The Hall–Kier alpha value is -1.59. The normalized spacial score (nSPS) is 19.4. The molecule has 5 heteroatoms. The Labute approximate surface area is 125 Å². The van der Waals surface area contributed by atoms with E-state index < -0.39 is 0 Å². The molecule has 1 aliphatic heterocycles. The zero-order valence-corrected chi connectivity index (χ0v) is 12.5. The van der Waals surface area contributed by atoms with Gasteiger partial charge < -0.3 is 15.2 Å². The zero-order chi connectivity index (χ0) is 15.1. The van der Waals surface area contributed by atoms with Crippen molar-refractivity contribution in [1.29, 1.82) is 0 Å². The topological polar surface area (TPSA) is 61.8 Å². The van der Waals surface area contributed by atoms with Gasteiger partial charge in [0.2, 0.25) is 5.91 Å². The highest BCUT2D eigenvalue weighted by molar-refractivity contribution is 5.72. The summed E-state index contributed by atoms with van der Waals surface area (Å²) in [6.07, 6.45) is 2.09. The number of benzene rings is 1. The van der Waals surface area contributed by atoms with E-state index in [-0.39, 0.29) is 17.8 Å². The second kappa shape index (κ2) is 8.00. The summed E-state index contributed by atoms with van der Waals surface area (Å²) in [5.41, 5.74) is 1.03. The fraction of sp³-hybridized carbons (Fsp3) is 0.562. The highest BCUT2D eigenvalue weighted by atomic mass is 16.5. The third kappa shape index (κ3) is 5.36. The number of nitrogens with one attached hydrogen (secondary N) is 1. The lowest BCUT2D eigenvalue weighted by Gasteiger charge is -2.33. The molecule has 0 aromatic heterocycles. The maximum atomic E-state index is 10.8. The number of ether oxygens (including phenoxy) is 1. The van der Waals surface area contributed by atoms with Gasteiger partial charge in [-0.25, -0.2) is 0 Å². The first-order valence-corrected chi connectivity index (χ1v) is 7.52. The van der Waals surface area contributed by atoms with Crippen molar-refractivity contribution >= 4 is 5.91 Å². The molecule has 0 bridgehead atoms. The van der Waals surface area contributed by atoms with E-state index in [4.69, 9.17) is 4.74 Å². The monoisotopic (exact) mass is 292 g/mol. The van der Waals surface area contributed by atoms with E-state index in [0.29, 0.717) is 6.61 Å². The van der Waals surface area contributed by atoms with Gasteiger partial charge >= 0.3 is 0 Å². The molecule has 116 valence electrons. The predicted molar refractivity (Wildman–Crippen MR) is 81.2 cm³/mol. The van der Waals surface area contributed by atoms with Gasteiger partial charge in [-0.05, 0) is 37.1 Å². The van der Waals surface area contributed by atoms with Crippen LogP contribution in [-0.4, -0.2) is 48.7 Å². The fourth-order valence-corrected chi connectivity index (χ4v) is 2.56. The fourth-order valence-electron chi connectivity index (χ4n) is 2.56. The molecule has 21 heavy (non-hydrogen) atoms. The van der Waals surface area contributed by atoms with Crippen molar-refractivity contribution in [3.8, 4) is 5.75 Å². The number of unbranched alkanes of at least 4 members (excludes halogenated alkanes) is 1. The van der Waals surface area contributed by atoms with Crippen LogP contribution in [0.1, 0.15) is 31.4 Å². The summed E-state index contributed by atoms with van der Waals surface area (Å²) in [5, 5.41) is 12.4. The predicted octanol–water partition coefficient (Wildman–Crippen LogP) is 1.68. The first kappa shape index (κ1) is 15.8. The van der Waals surface area contributed by atoms with E-state index in [2.05, 4.69) is 10.2 Å². The SMILES string of the molecule is CC(=O)NCCCCN1CCOC(c2cccc(O)c2)C1. The number of hydrogen-bond acceptors (Lipinski definition) is 4. The number of hydrogen-bond donors (Lipinski definition) is 2. The Bertz CT molecular complexity index is 465. The number of carbonyl (C=O) groups excluding carboxylic acids is 1. The quantitative estimate of drug-likeness (QED) is 0.783. The minimum Gasteiger partial charge on any atom is -0.508 e. The van der Waals surface area contributed by atoms with Crippen LogP contribution in [0.2, 0.25) is 0 Å². The second-order valence-electron chi connectivity index (χ2n) is 5.45. The molecule has 2 rings (SSSR count). The molecule has 1 fully saturated rings. The van der Waals surface area contributed by atoms with Crippen LogP contribution in [0.5, 0.6) is 5.75 Å². The summed E-state index contributed by atoms with van der Waals surface area (Å²) in [6, 6.07) is 7.28. The molecule has 1 aliphatic rings. The Kier molecular flexibility index (Phi) is 6.02. The standard InChI is InChI=1S/C16H24N2O3/c1-13(19)17-7-2-3-8-18-9-10-21-16(12-18)14-5-4-6-15(20)11-14/h4-6,11,16,20H,2-3,7-10,12H2,1H3,(H,17,19). The summed E-state index contributed by atoms with van der Waals surface area (Å²) in [5.74, 6) is 0.314. The summed E-state index contributed by atoms with van der Waals surface area (Å²) >= 11 is 0. The van der Waals surface area contributed by atoms with Crippen LogP contribution < -0.4 is 5.32 Å². The van der Waals surface area contributed by atoms with Crippen molar-refractivity contribution < 1.29 is 14.6 Å². The third-order valence-corrected chi connectivity index (χ3v) is 3.67. The van der Waals surface area contributed by atoms with Gasteiger partial charge in [0, 0.05) is 26.6 Å². The number of carbonyl (C=O) groups is 1. The molecule has 2 N–H and O–H groups in total. The molecule has 1 heterocycles. The van der Waals surface area contributed by atoms with Gasteiger partial charge in [-0.3, -0.25) is 9.69 Å². The van der Waals surface area contributed by atoms with Crippen LogP contribution in [0.4, 0.5) is 0 Å². The minimum atomic E-state index is 0.0289. The first-order chi connectivity index (χ1) is 10.1. The Morgan fingerprint density at radius 3 is 3.10 bits per heavy atom. The first-order valence-electron chi connectivity index (χ1n) is 7.52. The average molecular weight is 292 g/mol. The van der Waals surface area contributed by atoms with Crippen molar-refractivity contribution in [3.63, 3.8) is 0 Å². The van der Waals surface area contributed by atoms with E-state index in [1.165, 1.54) is 0 Å².